The summed E-state index contributed by atoms with van der Waals surface area (Å²) in [4.78, 5) is 26.5. The summed E-state index contributed by atoms with van der Waals surface area (Å²) in [5.41, 5.74) is 5.21. The summed E-state index contributed by atoms with van der Waals surface area (Å²) < 4.78 is 45.3. The number of ether oxygens (including phenoxy) is 1. The highest BCUT2D eigenvalue weighted by Crippen LogP contribution is 2.35. The molecule has 1 aromatic rings. The van der Waals surface area contributed by atoms with Gasteiger partial charge in [0, 0.05) is 49.9 Å². The Morgan fingerprint density at radius 3 is 2.31 bits per heavy atom. The molecular formula is C27H42F3N3O3. The molecule has 0 spiro atoms. The van der Waals surface area contributed by atoms with Crippen LogP contribution in [0.15, 0.2) is 12.1 Å². The van der Waals surface area contributed by atoms with Crippen molar-refractivity contribution in [3.63, 3.8) is 0 Å². The van der Waals surface area contributed by atoms with Crippen LogP contribution in [0.3, 0.4) is 0 Å². The number of nitrogens with zero attached hydrogens (tertiary/aromatic N) is 1. The van der Waals surface area contributed by atoms with E-state index in [1.165, 1.54) is 6.42 Å². The maximum Gasteiger partial charge on any atom is 0.416 e. The zero-order chi connectivity index (χ0) is 26.9. The number of alkyl halides is 3. The minimum Gasteiger partial charge on any atom is -0.381 e. The van der Waals surface area contributed by atoms with Crippen LogP contribution in [0.4, 0.5) is 13.2 Å². The SMILES string of the molecule is CC.CCC.NC(=O)c1cc(C(F)(F)F)cc2c1CCN(C(=O)C1CCC(NC3CCOCC3)C1)C2. The number of nitrogens with two attached hydrogens (primary N) is 1. The first kappa shape index (κ1) is 30.1. The van der Waals surface area contributed by atoms with Gasteiger partial charge in [-0.2, -0.15) is 13.2 Å². The van der Waals surface area contributed by atoms with Crippen molar-refractivity contribution in [2.24, 2.45) is 11.7 Å². The van der Waals surface area contributed by atoms with E-state index in [4.69, 9.17) is 10.5 Å². The maximum atomic E-state index is 13.3. The van der Waals surface area contributed by atoms with Crippen molar-refractivity contribution in [1.82, 2.24) is 10.2 Å². The van der Waals surface area contributed by atoms with Gasteiger partial charge in [0.2, 0.25) is 11.8 Å². The lowest BCUT2D eigenvalue weighted by molar-refractivity contribution is -0.137. The molecule has 2 aliphatic heterocycles. The lowest BCUT2D eigenvalue weighted by atomic mass is 9.90. The van der Waals surface area contributed by atoms with E-state index in [1.807, 2.05) is 13.8 Å². The molecule has 204 valence electrons. The van der Waals surface area contributed by atoms with Crippen LogP contribution in [-0.4, -0.2) is 48.6 Å². The van der Waals surface area contributed by atoms with Gasteiger partial charge in [-0.25, -0.2) is 0 Å². The molecule has 0 bridgehead atoms. The van der Waals surface area contributed by atoms with E-state index in [0.29, 0.717) is 30.1 Å². The number of fused-ring (bicyclic) bond motifs is 1. The molecule has 1 aromatic carbocycles. The van der Waals surface area contributed by atoms with Crippen molar-refractivity contribution in [1.29, 1.82) is 0 Å². The topological polar surface area (TPSA) is 84.7 Å². The number of carbonyl (C=O) groups is 2. The van der Waals surface area contributed by atoms with Gasteiger partial charge in [0.1, 0.15) is 0 Å². The molecule has 2 amide bonds. The fourth-order valence-electron chi connectivity index (χ4n) is 5.08. The van der Waals surface area contributed by atoms with E-state index in [-0.39, 0.29) is 30.0 Å². The van der Waals surface area contributed by atoms with E-state index in [2.05, 4.69) is 19.2 Å². The Labute approximate surface area is 213 Å². The Bertz CT molecular complexity index is 870. The molecule has 2 unspecified atom stereocenters. The molecular weight excluding hydrogens is 471 g/mol. The van der Waals surface area contributed by atoms with Crippen LogP contribution >= 0.6 is 0 Å². The first-order chi connectivity index (χ1) is 17.1. The van der Waals surface area contributed by atoms with Crippen molar-refractivity contribution in [3.8, 4) is 0 Å². The van der Waals surface area contributed by atoms with Gasteiger partial charge >= 0.3 is 6.18 Å². The quantitative estimate of drug-likeness (QED) is 0.589. The van der Waals surface area contributed by atoms with Crippen LogP contribution in [0.25, 0.3) is 0 Å². The van der Waals surface area contributed by atoms with Gasteiger partial charge in [-0.05, 0) is 61.8 Å². The minimum absolute atomic E-state index is 0.0139. The summed E-state index contributed by atoms with van der Waals surface area (Å²) in [6, 6.07) is 2.57. The van der Waals surface area contributed by atoms with Gasteiger partial charge in [-0.15, -0.1) is 0 Å². The van der Waals surface area contributed by atoms with Crippen LogP contribution in [0.1, 0.15) is 93.3 Å². The van der Waals surface area contributed by atoms with E-state index < -0.39 is 17.6 Å². The largest absolute Gasteiger partial charge is 0.416 e. The predicted molar refractivity (Wildman–Crippen MR) is 135 cm³/mol. The minimum atomic E-state index is -4.58. The normalized spacial score (nSPS) is 22.0. The number of hydrogen-bond acceptors (Lipinski definition) is 4. The molecule has 36 heavy (non-hydrogen) atoms. The van der Waals surface area contributed by atoms with Gasteiger partial charge in [0.05, 0.1) is 5.56 Å². The lowest BCUT2D eigenvalue weighted by Crippen LogP contribution is -2.42. The molecule has 0 radical (unpaired) electrons. The maximum absolute atomic E-state index is 13.3. The van der Waals surface area contributed by atoms with Gasteiger partial charge < -0.3 is 20.7 Å². The summed E-state index contributed by atoms with van der Waals surface area (Å²) in [6.07, 6.45) is 1.38. The smallest absolute Gasteiger partial charge is 0.381 e. The standard InChI is InChI=1S/C22H28F3N3O3.C3H8.C2H6/c23-22(24,25)15-9-14-12-28(6-3-18(14)19(11-15)20(26)29)21(30)13-1-2-17(10-13)27-16-4-7-31-8-5-16;1-3-2;1-2/h9,11,13,16-17,27H,1-8,10,12H2,(H2,26,29);3H2,1-2H3;1-2H3. The molecule has 0 aromatic heterocycles. The first-order valence-electron chi connectivity index (χ1n) is 13.3. The van der Waals surface area contributed by atoms with Crippen molar-refractivity contribution >= 4 is 11.8 Å². The van der Waals surface area contributed by atoms with Crippen LogP contribution in [-0.2, 0) is 28.7 Å². The van der Waals surface area contributed by atoms with E-state index in [9.17, 15) is 22.8 Å². The molecule has 1 aliphatic carbocycles. The average Bonchev–Trinajstić information content (AvgIpc) is 3.32. The second-order valence-electron chi connectivity index (χ2n) is 9.50. The average molecular weight is 514 g/mol. The summed E-state index contributed by atoms with van der Waals surface area (Å²) in [6.45, 7) is 10.2. The first-order valence-corrected chi connectivity index (χ1v) is 13.3. The third-order valence-corrected chi connectivity index (χ3v) is 6.71. The number of hydrogen-bond donors (Lipinski definition) is 2. The van der Waals surface area contributed by atoms with E-state index >= 15 is 0 Å². The van der Waals surface area contributed by atoms with Crippen molar-refractivity contribution in [2.75, 3.05) is 19.8 Å². The third kappa shape index (κ3) is 7.93. The predicted octanol–water partition coefficient (Wildman–Crippen LogP) is 5.07. The molecule has 9 heteroatoms. The van der Waals surface area contributed by atoms with Gasteiger partial charge in [0.25, 0.3) is 0 Å². The Morgan fingerprint density at radius 1 is 1.08 bits per heavy atom. The molecule has 1 saturated carbocycles. The molecule has 2 heterocycles. The molecule has 2 atom stereocenters. The fourth-order valence-corrected chi connectivity index (χ4v) is 5.08. The summed E-state index contributed by atoms with van der Waals surface area (Å²) in [7, 11) is 0. The second-order valence-corrected chi connectivity index (χ2v) is 9.50. The van der Waals surface area contributed by atoms with Gasteiger partial charge in [0.15, 0.2) is 0 Å². The third-order valence-electron chi connectivity index (χ3n) is 6.71. The Hall–Kier alpha value is -2.13. The summed E-state index contributed by atoms with van der Waals surface area (Å²) >= 11 is 0. The molecule has 2 fully saturated rings. The van der Waals surface area contributed by atoms with E-state index in [0.717, 1.165) is 57.5 Å². The highest BCUT2D eigenvalue weighted by atomic mass is 19.4. The Kier molecular flexibility index (Phi) is 11.7. The number of nitrogens with one attached hydrogen (secondary N) is 1. The number of benzene rings is 1. The molecule has 3 N–H and O–H groups in total. The Morgan fingerprint density at radius 2 is 1.72 bits per heavy atom. The Balaban J connectivity index is 0.000000850. The van der Waals surface area contributed by atoms with Crippen LogP contribution < -0.4 is 11.1 Å². The number of amides is 2. The number of halogens is 3. The zero-order valence-electron chi connectivity index (χ0n) is 22.0. The second kappa shape index (κ2) is 14.0. The van der Waals surface area contributed by atoms with Crippen LogP contribution in [0.5, 0.6) is 0 Å². The summed E-state index contributed by atoms with van der Waals surface area (Å²) in [5.74, 6) is -1.01. The number of carbonyl (C=O) groups excluding carboxylic acids is 2. The van der Waals surface area contributed by atoms with Gasteiger partial charge in [-0.3, -0.25) is 9.59 Å². The van der Waals surface area contributed by atoms with Crippen molar-refractivity contribution in [2.45, 2.75) is 97.4 Å². The summed E-state index contributed by atoms with van der Waals surface area (Å²) in [5, 5.41) is 3.64. The molecule has 6 nitrogen and oxygen atoms in total. The van der Waals surface area contributed by atoms with Crippen LogP contribution in [0.2, 0.25) is 0 Å². The zero-order valence-corrected chi connectivity index (χ0v) is 22.0. The highest BCUT2D eigenvalue weighted by Gasteiger charge is 2.37. The van der Waals surface area contributed by atoms with Gasteiger partial charge in [-0.1, -0.05) is 34.1 Å². The molecule has 1 saturated heterocycles. The van der Waals surface area contributed by atoms with Crippen molar-refractivity contribution < 1.29 is 27.5 Å². The highest BCUT2D eigenvalue weighted by molar-refractivity contribution is 5.95. The van der Waals surface area contributed by atoms with Crippen molar-refractivity contribution in [3.05, 3.63) is 34.4 Å². The number of rotatable bonds is 4. The van der Waals surface area contributed by atoms with E-state index in [1.54, 1.807) is 4.90 Å². The molecule has 3 aliphatic rings. The lowest BCUT2D eigenvalue weighted by Gasteiger charge is -2.32. The number of primary amides is 1. The monoisotopic (exact) mass is 513 g/mol. The van der Waals surface area contributed by atoms with Crippen LogP contribution in [0, 0.1) is 5.92 Å². The molecule has 4 rings (SSSR count). The fraction of sp³-hybridized carbons (Fsp3) is 0.704.